The molecule has 0 bridgehead atoms. The number of terminal acetylenes is 1. The summed E-state index contributed by atoms with van der Waals surface area (Å²) in [7, 11) is 0. The molecule has 15 rings (SSSR count). The van der Waals surface area contributed by atoms with Crippen molar-refractivity contribution in [2.75, 3.05) is 0 Å². The van der Waals surface area contributed by atoms with Gasteiger partial charge in [0.1, 0.15) is 5.58 Å². The summed E-state index contributed by atoms with van der Waals surface area (Å²) >= 11 is 0. The monoisotopic (exact) mass is 1220 g/mol. The van der Waals surface area contributed by atoms with E-state index >= 15 is 0 Å². The summed E-state index contributed by atoms with van der Waals surface area (Å²) in [6.07, 6.45) is 6.30. The molecule has 6 heteroatoms. The summed E-state index contributed by atoms with van der Waals surface area (Å²) in [6, 6.07) is 89.0. The van der Waals surface area contributed by atoms with Crippen molar-refractivity contribution in [2.45, 2.75) is 79.1 Å². The van der Waals surface area contributed by atoms with E-state index in [2.05, 4.69) is 283 Å². The second-order valence-electron chi connectivity index (χ2n) is 26.3. The Morgan fingerprint density at radius 2 is 0.674 bits per heavy atom. The molecule has 0 saturated carbocycles. The lowest BCUT2D eigenvalue weighted by atomic mass is 9.79. The van der Waals surface area contributed by atoms with Crippen molar-refractivity contribution in [3.05, 3.63) is 275 Å². The Labute approximate surface area is 554 Å². The van der Waals surface area contributed by atoms with Crippen LogP contribution in [0.4, 0.5) is 0 Å². The maximum absolute atomic E-state index is 12.0. The molecule has 0 amide bonds. The summed E-state index contributed by atoms with van der Waals surface area (Å²) in [5.74, 6) is 3.71. The zero-order valence-electron chi connectivity index (χ0n) is 54.5. The van der Waals surface area contributed by atoms with Crippen LogP contribution in [0.1, 0.15) is 124 Å². The minimum absolute atomic E-state index is 0.212. The highest BCUT2D eigenvalue weighted by atomic mass is 16.3. The molecule has 95 heavy (non-hydrogen) atoms. The zero-order chi connectivity index (χ0) is 65.5. The molecule has 0 fully saturated rings. The number of aromatic nitrogens is 2. The highest BCUT2D eigenvalue weighted by Gasteiger charge is 2.37. The van der Waals surface area contributed by atoms with E-state index in [1.165, 1.54) is 22.3 Å². The second kappa shape index (κ2) is 23.6. The molecule has 0 radical (unpaired) electrons. The summed E-state index contributed by atoms with van der Waals surface area (Å²) in [5.41, 5.74) is 22.8. The third-order valence-electron chi connectivity index (χ3n) is 19.4. The number of hydrogen-bond acceptors (Lipinski definition) is 4. The van der Waals surface area contributed by atoms with Crippen LogP contribution in [0.3, 0.4) is 0 Å². The summed E-state index contributed by atoms with van der Waals surface area (Å²) < 4.78 is 13.3. The number of hydrogen-bond donors (Lipinski definition) is 0. The molecule has 0 aliphatic heterocycles. The molecule has 454 valence electrons. The quantitative estimate of drug-likeness (QED) is 0.114. The molecule has 15 aromatic rings. The Hall–Kier alpha value is -11.9. The molecular weight excluding hydrogens is 1160 g/mol. The van der Waals surface area contributed by atoms with Crippen LogP contribution in [0.2, 0.25) is 0 Å². The number of rotatable bonds is 12. The molecule has 0 N–H and O–H groups in total. The average molecular weight is 1220 g/mol. The molecule has 6 nitrogen and oxygen atoms in total. The molecule has 0 aliphatic rings. The van der Waals surface area contributed by atoms with Gasteiger partial charge in [0.25, 0.3) is 0 Å². The lowest BCUT2D eigenvalue weighted by molar-refractivity contribution is 0.667. The van der Waals surface area contributed by atoms with E-state index in [1.54, 1.807) is 12.1 Å². The van der Waals surface area contributed by atoms with E-state index in [0.29, 0.717) is 55.8 Å². The third kappa shape index (κ3) is 9.60. The van der Waals surface area contributed by atoms with Crippen LogP contribution >= 0.6 is 0 Å². The van der Waals surface area contributed by atoms with Crippen LogP contribution in [-0.4, -0.2) is 9.13 Å². The number of fused-ring (bicyclic) bond motifs is 9. The van der Waals surface area contributed by atoms with Crippen LogP contribution in [0.15, 0.2) is 235 Å². The Balaban J connectivity index is 1.37. The van der Waals surface area contributed by atoms with Gasteiger partial charge in [-0.25, -0.2) is 0 Å². The van der Waals surface area contributed by atoms with Gasteiger partial charge in [0.2, 0.25) is 0 Å². The number of benzene rings is 12. The van der Waals surface area contributed by atoms with Gasteiger partial charge in [-0.1, -0.05) is 219 Å². The molecule has 0 aliphatic carbocycles. The largest absolute Gasteiger partial charge is 0.453 e. The van der Waals surface area contributed by atoms with E-state index in [-0.39, 0.29) is 29.2 Å². The van der Waals surface area contributed by atoms with Crippen molar-refractivity contribution in [3.63, 3.8) is 0 Å². The van der Waals surface area contributed by atoms with Crippen molar-refractivity contribution in [2.24, 2.45) is 0 Å². The molecule has 0 unspecified atom stereocenters. The van der Waals surface area contributed by atoms with Gasteiger partial charge in [-0.3, -0.25) is 0 Å². The first kappa shape index (κ1) is 59.4. The highest BCUT2D eigenvalue weighted by Crippen LogP contribution is 2.60. The molecule has 0 saturated heterocycles. The van der Waals surface area contributed by atoms with Gasteiger partial charge in [-0.05, 0) is 147 Å². The van der Waals surface area contributed by atoms with Gasteiger partial charge in [-0.2, -0.15) is 15.8 Å². The van der Waals surface area contributed by atoms with E-state index in [4.69, 9.17) is 10.8 Å². The predicted molar refractivity (Wildman–Crippen MR) is 393 cm³/mol. The Kier molecular flexibility index (Phi) is 14.8. The Morgan fingerprint density at radius 1 is 0.326 bits per heavy atom. The normalized spacial score (nSPS) is 11.7. The summed E-state index contributed by atoms with van der Waals surface area (Å²) in [6.45, 7) is 17.9. The van der Waals surface area contributed by atoms with Gasteiger partial charge in [0, 0.05) is 71.4 Å². The third-order valence-corrected chi connectivity index (χ3v) is 19.4. The van der Waals surface area contributed by atoms with Crippen molar-refractivity contribution in [1.29, 1.82) is 15.8 Å². The Morgan fingerprint density at radius 3 is 1.05 bits per heavy atom. The molecule has 12 aromatic carbocycles. The van der Waals surface area contributed by atoms with Crippen LogP contribution < -0.4 is 0 Å². The number of nitrogens with zero attached hydrogens (tertiary/aromatic N) is 5. The fourth-order valence-electron chi connectivity index (χ4n) is 14.6. The number of furan rings is 1. The maximum Gasteiger partial charge on any atom is 0.162 e. The minimum Gasteiger partial charge on any atom is -0.453 e. The minimum atomic E-state index is 0.212. The lowest BCUT2D eigenvalue weighted by Crippen LogP contribution is -2.08. The molecule has 3 aromatic heterocycles. The fourth-order valence-corrected chi connectivity index (χ4v) is 14.6. The SMILES string of the molecule is C#Cc1ccc(-c2c(-c3ccc(C#N)cc3C#N)c(-n3c4ccc(C(C)C)cc4c4cc(C(C)C)ccc43)c3c(oc4c(-c5ccccc5)c(-c5ccccc5)c(-c5ccccc5)c(-c5ccccc5)c43)c2-n2c3ccc(C(C)C)cc3c3cc(C(C)C)ccc32)c(C#N)c1. The zero-order valence-corrected chi connectivity index (χ0v) is 54.5. The first-order valence-electron chi connectivity index (χ1n) is 32.8. The molecular formula is C89H67N5O. The van der Waals surface area contributed by atoms with Gasteiger partial charge in [0.05, 0.1) is 73.7 Å². The van der Waals surface area contributed by atoms with Crippen molar-refractivity contribution >= 4 is 65.6 Å². The maximum atomic E-state index is 12.0. The Bertz CT molecular complexity index is 5680. The van der Waals surface area contributed by atoms with E-state index in [9.17, 15) is 15.8 Å². The molecule has 0 spiro atoms. The second-order valence-corrected chi connectivity index (χ2v) is 26.3. The van der Waals surface area contributed by atoms with Crippen molar-refractivity contribution < 1.29 is 4.42 Å². The number of nitriles is 3. The van der Waals surface area contributed by atoms with Crippen molar-refractivity contribution in [3.8, 4) is 109 Å². The smallest absolute Gasteiger partial charge is 0.162 e. The predicted octanol–water partition coefficient (Wildman–Crippen LogP) is 23.9. The van der Waals surface area contributed by atoms with Crippen LogP contribution in [0.25, 0.3) is 144 Å². The highest BCUT2D eigenvalue weighted by molar-refractivity contribution is 6.31. The average Bonchev–Trinajstić information content (AvgIpc) is 1.55. The summed E-state index contributed by atoms with van der Waals surface area (Å²) in [4.78, 5) is 0. The first-order valence-corrected chi connectivity index (χ1v) is 32.8. The van der Waals surface area contributed by atoms with Crippen LogP contribution in [0.5, 0.6) is 0 Å². The van der Waals surface area contributed by atoms with Crippen LogP contribution in [0, 0.1) is 46.3 Å². The van der Waals surface area contributed by atoms with Gasteiger partial charge >= 0.3 is 0 Å². The van der Waals surface area contributed by atoms with Gasteiger partial charge in [0.15, 0.2) is 5.58 Å². The van der Waals surface area contributed by atoms with E-state index in [1.807, 2.05) is 24.3 Å². The van der Waals surface area contributed by atoms with Gasteiger partial charge in [-0.15, -0.1) is 6.42 Å². The molecule has 0 atom stereocenters. The lowest BCUT2D eigenvalue weighted by Gasteiger charge is -2.26. The topological polar surface area (TPSA) is 94.4 Å². The standard InChI is InChI=1S/C89H67N5O/c1-10-56-31-37-69(66(43-56)50-91)83-82(68-38-32-57(49-90)44-67(68)51-92)86(93-74-39-33-62(52(2)3)45-70(74)71-46-63(53(4)5)34-40-75(71)93)85-84-80(60-27-19-13-20-28-60)78(58-23-15-11-16-24-58)79(59-25-17-12-18-26-59)81(61-29-21-14-22-30-61)88(84)95-89(85)87(83)94-76-41-35-64(54(6)7)47-72(76)73-48-65(55(8)9)36-42-77(73)94/h1,11-48,52-55H,2-9H3. The van der Waals surface area contributed by atoms with E-state index < -0.39 is 0 Å². The summed E-state index contributed by atoms with van der Waals surface area (Å²) in [5, 5.41) is 40.6. The van der Waals surface area contributed by atoms with Crippen LogP contribution in [-0.2, 0) is 0 Å². The van der Waals surface area contributed by atoms with E-state index in [0.717, 1.165) is 105 Å². The van der Waals surface area contributed by atoms with Gasteiger partial charge < -0.3 is 13.6 Å². The van der Waals surface area contributed by atoms with Crippen molar-refractivity contribution in [1.82, 2.24) is 9.13 Å². The molecule has 3 heterocycles. The first-order chi connectivity index (χ1) is 46.3. The fraction of sp³-hybridized carbons (Fsp3) is 0.135.